The standard InChI is InChI=1S/C65H123N15O14/c1-9-17-20-22-29-71-57(84)47-54(77-58(85)44-49(12-4)62(89)74-30-23-21-18-10-2)65(92)78-53(64(91)75-38-34-67-31-35-69-52(61(66)88)24-26-59(86)93-41-39-79(13-5)14-6)46-51(82)43-50(63(90)73-28-19-11-3)45-56(83)72-37-33-68-32-36-70-55(76-48-81)25-27-60(87)94-42-40-80(15-7)16-8/h48-50,52-55,67-70H,9-47H2,1-8H3,(H2,66,88)(H,71,84)(H,72,83)(H,73,90)(H,74,89)(H,75,91)(H,76,81)(H,77,85)(H,78,92). The third-order valence-electron chi connectivity index (χ3n) is 15.8. The first-order valence-electron chi connectivity index (χ1n) is 34.9. The number of hydrogen-bond donors (Lipinski definition) is 13. The van der Waals surface area contributed by atoms with E-state index in [1.54, 1.807) is 6.92 Å². The highest BCUT2D eigenvalue weighted by Crippen LogP contribution is 2.15. The summed E-state index contributed by atoms with van der Waals surface area (Å²) in [4.78, 5) is 163. The Hall–Kier alpha value is -6.40. The predicted molar refractivity (Wildman–Crippen MR) is 361 cm³/mol. The maximum Gasteiger partial charge on any atom is 0.305 e. The number of primary amides is 1. The van der Waals surface area contributed by atoms with Crippen molar-refractivity contribution in [1.82, 2.24) is 73.6 Å². The van der Waals surface area contributed by atoms with Gasteiger partial charge in [-0.25, -0.2) is 0 Å². The van der Waals surface area contributed by atoms with Crippen molar-refractivity contribution in [2.45, 2.75) is 208 Å². The van der Waals surface area contributed by atoms with E-state index in [0.29, 0.717) is 84.5 Å². The van der Waals surface area contributed by atoms with Gasteiger partial charge in [0.05, 0.1) is 24.5 Å². The molecule has 29 nitrogen and oxygen atoms in total. The lowest BCUT2D eigenvalue weighted by Gasteiger charge is -2.24. The van der Waals surface area contributed by atoms with Gasteiger partial charge in [0.25, 0.3) is 0 Å². The summed E-state index contributed by atoms with van der Waals surface area (Å²) >= 11 is 0. The number of Topliss-reactive ketones (excluding diaryl/α,β-unsaturated/α-hetero) is 1. The highest BCUT2D eigenvalue weighted by Gasteiger charge is 2.33. The highest BCUT2D eigenvalue weighted by atomic mass is 16.5. The van der Waals surface area contributed by atoms with Gasteiger partial charge < -0.3 is 83.5 Å². The minimum Gasteiger partial charge on any atom is -0.464 e. The molecule has 0 aliphatic rings. The molecule has 9 amide bonds. The Kier molecular flexibility index (Phi) is 54.0. The molecular weight excluding hydrogens is 1210 g/mol. The second-order valence-corrected chi connectivity index (χ2v) is 23.4. The van der Waals surface area contributed by atoms with Gasteiger partial charge in [0, 0.05) is 130 Å². The first kappa shape index (κ1) is 87.6. The van der Waals surface area contributed by atoms with E-state index in [4.69, 9.17) is 15.2 Å². The van der Waals surface area contributed by atoms with Crippen LogP contribution in [0.25, 0.3) is 0 Å². The van der Waals surface area contributed by atoms with Gasteiger partial charge in [0.1, 0.15) is 31.1 Å². The third kappa shape index (κ3) is 45.8. The maximum atomic E-state index is 14.4. The Morgan fingerprint density at radius 3 is 1.44 bits per heavy atom. The topological polar surface area (TPSA) is 400 Å². The highest BCUT2D eigenvalue weighted by molar-refractivity contribution is 5.98. The van der Waals surface area contributed by atoms with E-state index in [-0.39, 0.29) is 83.5 Å². The van der Waals surface area contributed by atoms with Crippen LogP contribution >= 0.6 is 0 Å². The van der Waals surface area contributed by atoms with Crippen molar-refractivity contribution in [1.29, 1.82) is 0 Å². The predicted octanol–water partition coefficient (Wildman–Crippen LogP) is 0.274. The van der Waals surface area contributed by atoms with Gasteiger partial charge in [0.15, 0.2) is 0 Å². The molecule has 0 aromatic heterocycles. The fraction of sp³-hybridized carbons (Fsp3) is 0.815. The average molecular weight is 1340 g/mol. The van der Waals surface area contributed by atoms with E-state index in [2.05, 4.69) is 87.4 Å². The molecule has 0 rings (SSSR count). The third-order valence-corrected chi connectivity index (χ3v) is 15.8. The summed E-state index contributed by atoms with van der Waals surface area (Å²) in [5, 5.41) is 34.3. The van der Waals surface area contributed by atoms with Gasteiger partial charge in [-0.3, -0.25) is 62.9 Å². The van der Waals surface area contributed by atoms with E-state index < -0.39 is 115 Å². The normalized spacial score (nSPS) is 13.1. The van der Waals surface area contributed by atoms with Gasteiger partial charge in [-0.15, -0.1) is 0 Å². The number of ether oxygens (including phenoxy) is 2. The molecule has 0 saturated carbocycles. The SMILES string of the molecule is CCCCCCNC(=O)CC(NC(=O)CC(CC)C(=O)NCCCCCC)C(=O)NC(CC(=O)CC(CC(=O)NCCNCCNC(CCC(=O)OCCN(CC)CC)NC=O)C(=O)NCCCC)C(=O)NCCNCCNC(CCC(=O)OCCN(CC)CC)C(N)=O. The van der Waals surface area contributed by atoms with E-state index in [0.717, 1.165) is 77.5 Å². The molecule has 94 heavy (non-hydrogen) atoms. The number of carbonyl (C=O) groups excluding carboxylic acids is 12. The number of ketones is 1. The van der Waals surface area contributed by atoms with E-state index >= 15 is 0 Å². The van der Waals surface area contributed by atoms with Crippen LogP contribution in [0, 0.1) is 11.8 Å². The van der Waals surface area contributed by atoms with Crippen molar-refractivity contribution in [2.24, 2.45) is 17.6 Å². The van der Waals surface area contributed by atoms with E-state index in [1.807, 2.05) is 34.6 Å². The van der Waals surface area contributed by atoms with Gasteiger partial charge in [-0.1, -0.05) is 100 Å². The van der Waals surface area contributed by atoms with Crippen LogP contribution in [0.4, 0.5) is 0 Å². The zero-order valence-corrected chi connectivity index (χ0v) is 58.3. The zero-order chi connectivity index (χ0) is 70.2. The van der Waals surface area contributed by atoms with Gasteiger partial charge in [-0.2, -0.15) is 0 Å². The summed E-state index contributed by atoms with van der Waals surface area (Å²) in [6.45, 7) is 24.0. The summed E-state index contributed by atoms with van der Waals surface area (Å²) in [6.07, 6.45) is 7.05. The molecular formula is C65H123N15O14. The summed E-state index contributed by atoms with van der Waals surface area (Å²) in [5.74, 6) is -8.51. The number of nitrogens with zero attached hydrogens (tertiary/aromatic N) is 2. The van der Waals surface area contributed by atoms with Crippen molar-refractivity contribution in [3.63, 3.8) is 0 Å². The molecule has 0 spiro atoms. The van der Waals surface area contributed by atoms with Crippen LogP contribution in [0.1, 0.15) is 184 Å². The number of unbranched alkanes of at least 4 members (excludes halogenated alkanes) is 7. The minimum absolute atomic E-state index is 0.0243. The van der Waals surface area contributed by atoms with Crippen LogP contribution in [0.15, 0.2) is 0 Å². The Labute approximate surface area is 560 Å². The fourth-order valence-electron chi connectivity index (χ4n) is 9.81. The number of nitrogens with one attached hydrogen (secondary N) is 12. The van der Waals surface area contributed by atoms with Gasteiger partial charge in [-0.05, 0) is 64.7 Å². The second-order valence-electron chi connectivity index (χ2n) is 23.4. The molecule has 542 valence electrons. The molecule has 0 radical (unpaired) electrons. The molecule has 0 bridgehead atoms. The van der Waals surface area contributed by atoms with Crippen molar-refractivity contribution in [2.75, 3.05) is 124 Å². The number of amides is 9. The first-order chi connectivity index (χ1) is 45.2. The van der Waals surface area contributed by atoms with Crippen LogP contribution in [-0.2, 0) is 67.0 Å². The van der Waals surface area contributed by atoms with Crippen LogP contribution in [0.2, 0.25) is 0 Å². The van der Waals surface area contributed by atoms with Crippen LogP contribution < -0.4 is 69.5 Å². The van der Waals surface area contributed by atoms with E-state index in [9.17, 15) is 57.5 Å². The number of carbonyl (C=O) groups is 12. The molecule has 0 saturated heterocycles. The van der Waals surface area contributed by atoms with Crippen LogP contribution in [0.5, 0.6) is 0 Å². The van der Waals surface area contributed by atoms with Gasteiger partial charge in [0.2, 0.25) is 53.7 Å². The smallest absolute Gasteiger partial charge is 0.305 e. The first-order valence-corrected chi connectivity index (χ1v) is 34.9. The molecule has 6 unspecified atom stereocenters. The Morgan fingerprint density at radius 1 is 0.426 bits per heavy atom. The molecule has 0 aliphatic carbocycles. The lowest BCUT2D eigenvalue weighted by Crippen LogP contribution is -2.56. The largest absolute Gasteiger partial charge is 0.464 e. The van der Waals surface area contributed by atoms with Crippen molar-refractivity contribution < 1.29 is 67.0 Å². The summed E-state index contributed by atoms with van der Waals surface area (Å²) in [5.41, 5.74) is 5.62. The summed E-state index contributed by atoms with van der Waals surface area (Å²) in [6, 6.07) is -3.98. The maximum absolute atomic E-state index is 14.4. The molecule has 0 aromatic carbocycles. The minimum atomic E-state index is -1.60. The second kappa shape index (κ2) is 58.0. The molecule has 29 heteroatoms. The molecule has 14 N–H and O–H groups in total. The Morgan fingerprint density at radius 2 is 0.894 bits per heavy atom. The van der Waals surface area contributed by atoms with E-state index in [1.165, 1.54) is 0 Å². The molecule has 0 aliphatic heterocycles. The fourth-order valence-corrected chi connectivity index (χ4v) is 9.81. The number of nitrogens with two attached hydrogens (primary N) is 1. The van der Waals surface area contributed by atoms with Crippen molar-refractivity contribution in [3.05, 3.63) is 0 Å². The van der Waals surface area contributed by atoms with Crippen molar-refractivity contribution >= 4 is 71.4 Å². The molecule has 0 heterocycles. The lowest BCUT2D eigenvalue weighted by molar-refractivity contribution is -0.145. The number of esters is 2. The number of rotatable bonds is 63. The molecule has 0 fully saturated rings. The Bertz CT molecular complexity index is 2160. The summed E-state index contributed by atoms with van der Waals surface area (Å²) < 4.78 is 10.7. The summed E-state index contributed by atoms with van der Waals surface area (Å²) in [7, 11) is 0. The zero-order valence-electron chi connectivity index (χ0n) is 58.3. The number of likely N-dealkylation sites (N-methyl/N-ethyl adjacent to an activating group) is 2. The molecule has 0 aromatic rings. The van der Waals surface area contributed by atoms with Gasteiger partial charge >= 0.3 is 11.9 Å². The van der Waals surface area contributed by atoms with Crippen molar-refractivity contribution in [3.8, 4) is 0 Å². The molecule has 6 atom stereocenters. The monoisotopic (exact) mass is 1340 g/mol. The quantitative estimate of drug-likeness (QED) is 0.0168. The Balaban J connectivity index is 6.37. The van der Waals surface area contributed by atoms with Crippen LogP contribution in [0.3, 0.4) is 0 Å². The number of hydrogen-bond acceptors (Lipinski definition) is 20. The average Bonchev–Trinajstić information content (AvgIpc) is 1.02. The lowest BCUT2D eigenvalue weighted by atomic mass is 9.94. The van der Waals surface area contributed by atoms with Crippen LogP contribution in [-0.4, -0.2) is 230 Å².